The topological polar surface area (TPSA) is 65.4 Å². The van der Waals surface area contributed by atoms with Gasteiger partial charge in [-0.25, -0.2) is 0 Å². The summed E-state index contributed by atoms with van der Waals surface area (Å²) in [6, 6.07) is 3.27. The summed E-state index contributed by atoms with van der Waals surface area (Å²) in [7, 11) is 3.05. The maximum Gasteiger partial charge on any atom is 0.229 e. The molecule has 0 atom stereocenters. The normalized spacial score (nSPS) is 10.9. The highest BCUT2D eigenvalue weighted by Gasteiger charge is 2.18. The van der Waals surface area contributed by atoms with Crippen molar-refractivity contribution < 1.29 is 14.3 Å². The third-order valence-electron chi connectivity index (χ3n) is 4.15. The molecule has 1 heterocycles. The first-order valence-corrected chi connectivity index (χ1v) is 8.88. The molecule has 0 saturated carbocycles. The van der Waals surface area contributed by atoms with Gasteiger partial charge in [-0.1, -0.05) is 25.4 Å². The number of amides is 1. The lowest BCUT2D eigenvalue weighted by Crippen LogP contribution is -2.16. The van der Waals surface area contributed by atoms with Crippen LogP contribution in [0.1, 0.15) is 30.8 Å². The van der Waals surface area contributed by atoms with Crippen molar-refractivity contribution >= 4 is 23.2 Å². The SMILES string of the molecule is COc1cc(NC(=O)Cc2c(C)nn(CC(C)C)c2C)c(OC)cc1Cl. The molecule has 0 fully saturated rings. The van der Waals surface area contributed by atoms with E-state index in [1.165, 1.54) is 14.2 Å². The number of ether oxygens (including phenoxy) is 2. The fraction of sp³-hybridized carbons (Fsp3) is 0.474. The first-order valence-electron chi connectivity index (χ1n) is 8.51. The fourth-order valence-corrected chi connectivity index (χ4v) is 3.06. The molecular formula is C19H26ClN3O3. The lowest BCUT2D eigenvalue weighted by molar-refractivity contribution is -0.115. The summed E-state index contributed by atoms with van der Waals surface area (Å²) < 4.78 is 12.5. The van der Waals surface area contributed by atoms with E-state index in [4.69, 9.17) is 21.1 Å². The summed E-state index contributed by atoms with van der Waals surface area (Å²) >= 11 is 6.10. The Hall–Kier alpha value is -2.21. The molecule has 1 N–H and O–H groups in total. The number of aryl methyl sites for hydroxylation is 1. The number of nitrogens with one attached hydrogen (secondary N) is 1. The number of nitrogens with zero attached hydrogens (tertiary/aromatic N) is 2. The summed E-state index contributed by atoms with van der Waals surface area (Å²) in [4.78, 5) is 12.6. The average molecular weight is 380 g/mol. The molecule has 0 bridgehead atoms. The van der Waals surface area contributed by atoms with Crippen molar-refractivity contribution in [1.82, 2.24) is 9.78 Å². The maximum atomic E-state index is 12.6. The van der Waals surface area contributed by atoms with Crippen LogP contribution in [0.5, 0.6) is 11.5 Å². The summed E-state index contributed by atoms with van der Waals surface area (Å²) in [6.07, 6.45) is 0.240. The molecule has 142 valence electrons. The molecule has 0 radical (unpaired) electrons. The van der Waals surface area contributed by atoms with E-state index >= 15 is 0 Å². The van der Waals surface area contributed by atoms with Gasteiger partial charge in [0.05, 0.1) is 37.0 Å². The highest BCUT2D eigenvalue weighted by molar-refractivity contribution is 6.32. The second kappa shape index (κ2) is 8.45. The average Bonchev–Trinajstić information content (AvgIpc) is 2.82. The molecule has 1 aromatic carbocycles. The number of hydrogen-bond acceptors (Lipinski definition) is 4. The number of carbonyl (C=O) groups excluding carboxylic acids is 1. The Morgan fingerprint density at radius 2 is 1.88 bits per heavy atom. The summed E-state index contributed by atoms with van der Waals surface area (Å²) in [5.41, 5.74) is 3.36. The maximum absolute atomic E-state index is 12.6. The monoisotopic (exact) mass is 379 g/mol. The zero-order valence-electron chi connectivity index (χ0n) is 16.1. The van der Waals surface area contributed by atoms with Gasteiger partial charge in [0.25, 0.3) is 0 Å². The second-order valence-electron chi connectivity index (χ2n) is 6.64. The van der Waals surface area contributed by atoms with Crippen molar-refractivity contribution in [3.05, 3.63) is 34.1 Å². The van der Waals surface area contributed by atoms with E-state index in [9.17, 15) is 4.79 Å². The molecule has 0 unspecified atom stereocenters. The van der Waals surface area contributed by atoms with Crippen LogP contribution in [0.25, 0.3) is 0 Å². The minimum atomic E-state index is -0.150. The molecule has 1 aromatic heterocycles. The van der Waals surface area contributed by atoms with Crippen molar-refractivity contribution in [3.8, 4) is 11.5 Å². The van der Waals surface area contributed by atoms with Crippen LogP contribution in [-0.2, 0) is 17.8 Å². The van der Waals surface area contributed by atoms with Crippen LogP contribution in [0.3, 0.4) is 0 Å². The number of benzene rings is 1. The number of aromatic nitrogens is 2. The van der Waals surface area contributed by atoms with Gasteiger partial charge in [-0.3, -0.25) is 9.48 Å². The van der Waals surface area contributed by atoms with Gasteiger partial charge in [0.1, 0.15) is 11.5 Å². The first kappa shape index (κ1) is 20.1. The Morgan fingerprint density at radius 1 is 1.23 bits per heavy atom. The number of halogens is 1. The van der Waals surface area contributed by atoms with Crippen LogP contribution in [0.15, 0.2) is 12.1 Å². The molecule has 2 aromatic rings. The largest absolute Gasteiger partial charge is 0.495 e. The summed E-state index contributed by atoms with van der Waals surface area (Å²) in [5, 5.41) is 7.85. The molecule has 0 aliphatic heterocycles. The third kappa shape index (κ3) is 4.49. The van der Waals surface area contributed by atoms with E-state index in [0.29, 0.717) is 28.1 Å². The Bertz CT molecular complexity index is 800. The highest BCUT2D eigenvalue weighted by atomic mass is 35.5. The van der Waals surface area contributed by atoms with Crippen molar-refractivity contribution in [2.75, 3.05) is 19.5 Å². The quantitative estimate of drug-likeness (QED) is 0.789. The van der Waals surface area contributed by atoms with Gasteiger partial charge in [-0.2, -0.15) is 5.10 Å². The molecule has 0 aliphatic rings. The van der Waals surface area contributed by atoms with Gasteiger partial charge in [0.15, 0.2) is 0 Å². The standard InChI is InChI=1S/C19H26ClN3O3/c1-11(2)10-23-13(4)14(12(3)22-23)7-19(24)21-16-9-17(25-5)15(20)8-18(16)26-6/h8-9,11H,7,10H2,1-6H3,(H,21,24). The second-order valence-corrected chi connectivity index (χ2v) is 7.04. The smallest absolute Gasteiger partial charge is 0.229 e. The molecule has 2 rings (SSSR count). The van der Waals surface area contributed by atoms with E-state index < -0.39 is 0 Å². The highest BCUT2D eigenvalue weighted by Crippen LogP contribution is 2.36. The minimum Gasteiger partial charge on any atom is -0.495 e. The number of rotatable bonds is 7. The van der Waals surface area contributed by atoms with Crippen molar-refractivity contribution in [1.29, 1.82) is 0 Å². The van der Waals surface area contributed by atoms with Crippen LogP contribution in [0, 0.1) is 19.8 Å². The molecular weight excluding hydrogens is 354 g/mol. The van der Waals surface area contributed by atoms with E-state index in [2.05, 4.69) is 24.3 Å². The third-order valence-corrected chi connectivity index (χ3v) is 4.45. The van der Waals surface area contributed by atoms with E-state index in [1.807, 2.05) is 18.5 Å². The molecule has 26 heavy (non-hydrogen) atoms. The zero-order chi connectivity index (χ0) is 19.4. The van der Waals surface area contributed by atoms with Crippen LogP contribution in [0.2, 0.25) is 5.02 Å². The fourth-order valence-electron chi connectivity index (χ4n) is 2.83. The molecule has 0 saturated heterocycles. The molecule has 7 heteroatoms. The summed E-state index contributed by atoms with van der Waals surface area (Å²) in [5.74, 6) is 1.29. The molecule has 0 aliphatic carbocycles. The predicted molar refractivity (Wildman–Crippen MR) is 103 cm³/mol. The molecule has 1 amide bonds. The van der Waals surface area contributed by atoms with Gasteiger partial charge in [0.2, 0.25) is 5.91 Å². The van der Waals surface area contributed by atoms with E-state index in [0.717, 1.165) is 23.5 Å². The van der Waals surface area contributed by atoms with Gasteiger partial charge >= 0.3 is 0 Å². The Morgan fingerprint density at radius 3 is 2.46 bits per heavy atom. The van der Waals surface area contributed by atoms with Gasteiger partial charge in [-0.15, -0.1) is 0 Å². The lowest BCUT2D eigenvalue weighted by atomic mass is 10.1. The number of anilines is 1. The van der Waals surface area contributed by atoms with Crippen LogP contribution in [0.4, 0.5) is 5.69 Å². The van der Waals surface area contributed by atoms with Gasteiger partial charge in [-0.05, 0) is 19.8 Å². The van der Waals surface area contributed by atoms with Crippen LogP contribution < -0.4 is 14.8 Å². The lowest BCUT2D eigenvalue weighted by Gasteiger charge is -2.13. The Labute approximate surface area is 159 Å². The Kier molecular flexibility index (Phi) is 6.53. The number of methoxy groups -OCH3 is 2. The minimum absolute atomic E-state index is 0.150. The molecule has 0 spiro atoms. The van der Waals surface area contributed by atoms with Crippen molar-refractivity contribution in [2.24, 2.45) is 5.92 Å². The van der Waals surface area contributed by atoms with Crippen molar-refractivity contribution in [3.63, 3.8) is 0 Å². The van der Waals surface area contributed by atoms with E-state index in [1.54, 1.807) is 12.1 Å². The van der Waals surface area contributed by atoms with Gasteiger partial charge < -0.3 is 14.8 Å². The van der Waals surface area contributed by atoms with Crippen LogP contribution >= 0.6 is 11.6 Å². The van der Waals surface area contributed by atoms with Crippen molar-refractivity contribution in [2.45, 2.75) is 40.7 Å². The molecule has 6 nitrogen and oxygen atoms in total. The first-order chi connectivity index (χ1) is 12.3. The summed E-state index contributed by atoms with van der Waals surface area (Å²) in [6.45, 7) is 9.04. The predicted octanol–water partition coefficient (Wildman–Crippen LogP) is 4.01. The number of carbonyl (C=O) groups is 1. The number of hydrogen-bond donors (Lipinski definition) is 1. The van der Waals surface area contributed by atoms with Gasteiger partial charge in [0, 0.05) is 29.9 Å². The zero-order valence-corrected chi connectivity index (χ0v) is 16.9. The Balaban J connectivity index is 2.21. The van der Waals surface area contributed by atoms with E-state index in [-0.39, 0.29) is 12.3 Å². The van der Waals surface area contributed by atoms with Crippen LogP contribution in [-0.4, -0.2) is 29.9 Å².